The Morgan fingerprint density at radius 3 is 2.71 bits per heavy atom. The summed E-state index contributed by atoms with van der Waals surface area (Å²) in [4.78, 5) is 10.1. The SMILES string of the molecule is O=C(O)CC1CCCCN1S(=O)(=O)c1cc(F)ccc1F. The van der Waals surface area contributed by atoms with Crippen LogP contribution in [0.15, 0.2) is 23.1 Å². The van der Waals surface area contributed by atoms with Crippen LogP contribution in [-0.2, 0) is 14.8 Å². The lowest BCUT2D eigenvalue weighted by molar-refractivity contribution is -0.138. The van der Waals surface area contributed by atoms with Gasteiger partial charge in [-0.3, -0.25) is 4.79 Å². The molecule has 1 atom stereocenters. The molecular formula is C13H15F2NO4S. The number of piperidine rings is 1. The van der Waals surface area contributed by atoms with Crippen molar-refractivity contribution in [2.75, 3.05) is 6.54 Å². The van der Waals surface area contributed by atoms with Crippen molar-refractivity contribution >= 4 is 16.0 Å². The highest BCUT2D eigenvalue weighted by atomic mass is 32.2. The van der Waals surface area contributed by atoms with Crippen LogP contribution in [0.3, 0.4) is 0 Å². The number of halogens is 2. The lowest BCUT2D eigenvalue weighted by Crippen LogP contribution is -2.44. The largest absolute Gasteiger partial charge is 0.481 e. The van der Waals surface area contributed by atoms with Crippen LogP contribution in [0.5, 0.6) is 0 Å². The predicted octanol–water partition coefficient (Wildman–Crippen LogP) is 1.98. The van der Waals surface area contributed by atoms with Gasteiger partial charge >= 0.3 is 5.97 Å². The summed E-state index contributed by atoms with van der Waals surface area (Å²) in [5, 5.41) is 8.86. The normalized spacial score (nSPS) is 20.4. The molecule has 1 saturated heterocycles. The van der Waals surface area contributed by atoms with Gasteiger partial charge in [-0.15, -0.1) is 0 Å². The maximum Gasteiger partial charge on any atom is 0.304 e. The summed E-state index contributed by atoms with van der Waals surface area (Å²) in [5.74, 6) is -3.03. The fraction of sp³-hybridized carbons (Fsp3) is 0.462. The van der Waals surface area contributed by atoms with Gasteiger partial charge in [-0.1, -0.05) is 6.42 Å². The van der Waals surface area contributed by atoms with Crippen molar-refractivity contribution in [2.24, 2.45) is 0 Å². The first-order chi connectivity index (χ1) is 9.82. The molecule has 116 valence electrons. The van der Waals surface area contributed by atoms with Gasteiger partial charge in [0.25, 0.3) is 0 Å². The number of carbonyl (C=O) groups is 1. The fourth-order valence-corrected chi connectivity index (χ4v) is 4.27. The van der Waals surface area contributed by atoms with Crippen LogP contribution in [-0.4, -0.2) is 36.4 Å². The molecule has 1 fully saturated rings. The Kier molecular flexibility index (Phi) is 4.58. The molecule has 0 aromatic heterocycles. The highest BCUT2D eigenvalue weighted by Crippen LogP contribution is 2.28. The minimum absolute atomic E-state index is 0.107. The first-order valence-electron chi connectivity index (χ1n) is 6.51. The molecule has 1 aromatic carbocycles. The molecule has 21 heavy (non-hydrogen) atoms. The van der Waals surface area contributed by atoms with Crippen LogP contribution in [0.4, 0.5) is 8.78 Å². The number of carboxylic acid groups (broad SMARTS) is 1. The van der Waals surface area contributed by atoms with Crippen molar-refractivity contribution in [3.8, 4) is 0 Å². The van der Waals surface area contributed by atoms with E-state index in [0.29, 0.717) is 25.3 Å². The van der Waals surface area contributed by atoms with Crippen LogP contribution >= 0.6 is 0 Å². The third kappa shape index (κ3) is 3.38. The summed E-state index contributed by atoms with van der Waals surface area (Å²) >= 11 is 0. The molecule has 1 aliphatic rings. The number of hydrogen-bond acceptors (Lipinski definition) is 3. The molecule has 0 aliphatic carbocycles. The minimum Gasteiger partial charge on any atom is -0.481 e. The molecular weight excluding hydrogens is 304 g/mol. The predicted molar refractivity (Wildman–Crippen MR) is 70.1 cm³/mol. The summed E-state index contributed by atoms with van der Waals surface area (Å²) in [6.45, 7) is 0.107. The Labute approximate surface area is 121 Å². The first-order valence-corrected chi connectivity index (χ1v) is 7.95. The molecule has 5 nitrogen and oxygen atoms in total. The van der Waals surface area contributed by atoms with E-state index in [1.165, 1.54) is 0 Å². The van der Waals surface area contributed by atoms with E-state index in [4.69, 9.17) is 5.11 Å². The van der Waals surface area contributed by atoms with E-state index in [1.54, 1.807) is 0 Å². The van der Waals surface area contributed by atoms with Crippen molar-refractivity contribution in [1.29, 1.82) is 0 Å². The van der Waals surface area contributed by atoms with E-state index in [1.807, 2.05) is 0 Å². The molecule has 1 aliphatic heterocycles. The van der Waals surface area contributed by atoms with Gasteiger partial charge in [0.2, 0.25) is 10.0 Å². The smallest absolute Gasteiger partial charge is 0.304 e. The Morgan fingerprint density at radius 1 is 1.33 bits per heavy atom. The molecule has 1 heterocycles. The standard InChI is InChI=1S/C13H15F2NO4S/c14-9-4-5-11(15)12(7-9)21(19,20)16-6-2-1-3-10(16)8-13(17)18/h4-5,7,10H,1-3,6,8H2,(H,17,18). The molecule has 8 heteroatoms. The zero-order valence-electron chi connectivity index (χ0n) is 11.1. The Morgan fingerprint density at radius 2 is 2.05 bits per heavy atom. The summed E-state index contributed by atoms with van der Waals surface area (Å²) in [7, 11) is -4.25. The van der Waals surface area contributed by atoms with Crippen molar-refractivity contribution in [2.45, 2.75) is 36.6 Å². The van der Waals surface area contributed by atoms with Crippen LogP contribution in [0.1, 0.15) is 25.7 Å². The number of carboxylic acids is 1. The van der Waals surface area contributed by atoms with Crippen molar-refractivity contribution in [3.63, 3.8) is 0 Å². The Bertz CT molecular complexity index is 648. The highest BCUT2D eigenvalue weighted by Gasteiger charge is 2.36. The topological polar surface area (TPSA) is 74.7 Å². The van der Waals surface area contributed by atoms with Crippen molar-refractivity contribution in [1.82, 2.24) is 4.31 Å². The maximum absolute atomic E-state index is 13.7. The first kappa shape index (κ1) is 15.8. The van der Waals surface area contributed by atoms with Gasteiger partial charge in [-0.25, -0.2) is 17.2 Å². The number of aliphatic carboxylic acids is 1. The summed E-state index contributed by atoms with van der Waals surface area (Å²) in [6, 6.07) is 1.47. The average molecular weight is 319 g/mol. The summed E-state index contributed by atoms with van der Waals surface area (Å²) < 4.78 is 52.9. The van der Waals surface area contributed by atoms with E-state index in [2.05, 4.69) is 0 Å². The number of benzene rings is 1. The van der Waals surface area contributed by atoms with E-state index in [-0.39, 0.29) is 13.0 Å². The van der Waals surface area contributed by atoms with Crippen LogP contribution in [0, 0.1) is 11.6 Å². The van der Waals surface area contributed by atoms with Gasteiger partial charge in [-0.05, 0) is 31.0 Å². The Hall–Kier alpha value is -1.54. The minimum atomic E-state index is -4.25. The van der Waals surface area contributed by atoms with Gasteiger partial charge in [0.05, 0.1) is 6.42 Å². The van der Waals surface area contributed by atoms with Crippen LogP contribution < -0.4 is 0 Å². The molecule has 1 aromatic rings. The number of hydrogen-bond donors (Lipinski definition) is 1. The third-order valence-electron chi connectivity index (χ3n) is 3.46. The van der Waals surface area contributed by atoms with Gasteiger partial charge < -0.3 is 5.11 Å². The molecule has 1 unspecified atom stereocenters. The lowest BCUT2D eigenvalue weighted by atomic mass is 10.0. The second-order valence-electron chi connectivity index (χ2n) is 4.94. The van der Waals surface area contributed by atoms with Gasteiger partial charge in [0.15, 0.2) is 0 Å². The highest BCUT2D eigenvalue weighted by molar-refractivity contribution is 7.89. The molecule has 0 amide bonds. The molecule has 1 N–H and O–H groups in total. The van der Waals surface area contributed by atoms with Crippen molar-refractivity contribution < 1.29 is 27.1 Å². The zero-order chi connectivity index (χ0) is 15.6. The monoisotopic (exact) mass is 319 g/mol. The molecule has 2 rings (SSSR count). The molecule has 0 radical (unpaired) electrons. The third-order valence-corrected chi connectivity index (χ3v) is 5.43. The summed E-state index contributed by atoms with van der Waals surface area (Å²) in [6.07, 6.45) is 1.31. The fourth-order valence-electron chi connectivity index (χ4n) is 2.50. The second-order valence-corrected chi connectivity index (χ2v) is 6.80. The second kappa shape index (κ2) is 6.07. The van der Waals surface area contributed by atoms with Gasteiger partial charge in [-0.2, -0.15) is 4.31 Å². The quantitative estimate of drug-likeness (QED) is 0.921. The van der Waals surface area contributed by atoms with Crippen molar-refractivity contribution in [3.05, 3.63) is 29.8 Å². The molecule has 0 bridgehead atoms. The number of rotatable bonds is 4. The maximum atomic E-state index is 13.7. The molecule has 0 saturated carbocycles. The van der Waals surface area contributed by atoms with E-state index in [9.17, 15) is 22.0 Å². The Balaban J connectivity index is 2.40. The summed E-state index contributed by atoms with van der Waals surface area (Å²) in [5.41, 5.74) is 0. The lowest BCUT2D eigenvalue weighted by Gasteiger charge is -2.33. The average Bonchev–Trinajstić information content (AvgIpc) is 2.41. The van der Waals surface area contributed by atoms with Gasteiger partial charge in [0, 0.05) is 12.6 Å². The van der Waals surface area contributed by atoms with Crippen LogP contribution in [0.25, 0.3) is 0 Å². The molecule has 0 spiro atoms. The van der Waals surface area contributed by atoms with Crippen LogP contribution in [0.2, 0.25) is 0 Å². The van der Waals surface area contributed by atoms with E-state index in [0.717, 1.165) is 16.4 Å². The van der Waals surface area contributed by atoms with E-state index >= 15 is 0 Å². The number of sulfonamides is 1. The number of nitrogens with zero attached hydrogens (tertiary/aromatic N) is 1. The zero-order valence-corrected chi connectivity index (χ0v) is 11.9. The van der Waals surface area contributed by atoms with Gasteiger partial charge in [0.1, 0.15) is 16.5 Å². The van der Waals surface area contributed by atoms with E-state index < -0.39 is 38.6 Å².